The first-order valence-electron chi connectivity index (χ1n) is 9.51. The Balaban J connectivity index is 1.54. The number of rotatable bonds is 8. The van der Waals surface area contributed by atoms with Gasteiger partial charge < -0.3 is 15.5 Å². The van der Waals surface area contributed by atoms with Gasteiger partial charge in [0, 0.05) is 20.1 Å². The van der Waals surface area contributed by atoms with Crippen molar-refractivity contribution in [2.75, 3.05) is 33.2 Å². The summed E-state index contributed by atoms with van der Waals surface area (Å²) in [6.45, 7) is 7.87. The largest absolute Gasteiger partial charge is 0.356 e. The van der Waals surface area contributed by atoms with E-state index in [2.05, 4.69) is 51.7 Å². The van der Waals surface area contributed by atoms with Gasteiger partial charge in [-0.15, -0.1) is 0 Å². The van der Waals surface area contributed by atoms with Crippen molar-refractivity contribution < 1.29 is 0 Å². The molecule has 4 nitrogen and oxygen atoms in total. The quantitative estimate of drug-likeness (QED) is 0.436. The Hall–Kier alpha value is -1.55. The Kier molecular flexibility index (Phi) is 8.67. The second kappa shape index (κ2) is 11.1. The standard InChI is InChI=1S/C20H34N4/c1-18-11-5-6-12-19(18)17-23-20(21-2)22-13-7-3-8-14-24-15-9-4-10-16-24/h5-6,11-12H,3-4,7-10,13-17H2,1-2H3,(H2,21,22,23). The number of piperidine rings is 1. The maximum Gasteiger partial charge on any atom is 0.191 e. The summed E-state index contributed by atoms with van der Waals surface area (Å²) >= 11 is 0. The van der Waals surface area contributed by atoms with E-state index < -0.39 is 0 Å². The summed E-state index contributed by atoms with van der Waals surface area (Å²) < 4.78 is 0. The zero-order valence-corrected chi connectivity index (χ0v) is 15.5. The van der Waals surface area contributed by atoms with Crippen LogP contribution in [0.15, 0.2) is 29.3 Å². The molecule has 1 fully saturated rings. The summed E-state index contributed by atoms with van der Waals surface area (Å²) in [5, 5.41) is 6.82. The third-order valence-corrected chi connectivity index (χ3v) is 4.82. The minimum absolute atomic E-state index is 0.821. The van der Waals surface area contributed by atoms with Crippen molar-refractivity contribution in [3.05, 3.63) is 35.4 Å². The molecule has 1 aliphatic rings. The fourth-order valence-electron chi connectivity index (χ4n) is 3.23. The smallest absolute Gasteiger partial charge is 0.191 e. The third-order valence-electron chi connectivity index (χ3n) is 4.82. The van der Waals surface area contributed by atoms with Crippen molar-refractivity contribution in [3.63, 3.8) is 0 Å². The van der Waals surface area contributed by atoms with Gasteiger partial charge in [-0.05, 0) is 63.4 Å². The highest BCUT2D eigenvalue weighted by atomic mass is 15.2. The zero-order valence-electron chi connectivity index (χ0n) is 15.5. The molecule has 0 spiro atoms. The van der Waals surface area contributed by atoms with E-state index in [1.165, 1.54) is 69.3 Å². The number of guanidine groups is 1. The van der Waals surface area contributed by atoms with E-state index in [1.807, 2.05) is 7.05 Å². The lowest BCUT2D eigenvalue weighted by atomic mass is 10.1. The minimum atomic E-state index is 0.821. The van der Waals surface area contributed by atoms with Crippen LogP contribution in [0.3, 0.4) is 0 Å². The molecule has 0 unspecified atom stereocenters. The molecule has 1 aromatic carbocycles. The van der Waals surface area contributed by atoms with Crippen LogP contribution in [0.1, 0.15) is 49.7 Å². The van der Waals surface area contributed by atoms with Gasteiger partial charge in [0.25, 0.3) is 0 Å². The normalized spacial score (nSPS) is 16.2. The average Bonchev–Trinajstić information content (AvgIpc) is 2.62. The SMILES string of the molecule is CN=C(NCCCCCN1CCCCC1)NCc1ccccc1C. The van der Waals surface area contributed by atoms with Gasteiger partial charge in [0.2, 0.25) is 0 Å². The van der Waals surface area contributed by atoms with Gasteiger partial charge in [-0.1, -0.05) is 37.1 Å². The number of unbranched alkanes of at least 4 members (excludes halogenated alkanes) is 2. The van der Waals surface area contributed by atoms with Gasteiger partial charge in [-0.25, -0.2) is 0 Å². The van der Waals surface area contributed by atoms with Gasteiger partial charge in [0.1, 0.15) is 0 Å². The average molecular weight is 331 g/mol. The lowest BCUT2D eigenvalue weighted by Crippen LogP contribution is -2.37. The lowest BCUT2D eigenvalue weighted by Gasteiger charge is -2.26. The van der Waals surface area contributed by atoms with Crippen LogP contribution in [0.5, 0.6) is 0 Å². The monoisotopic (exact) mass is 330 g/mol. The van der Waals surface area contributed by atoms with Gasteiger partial charge in [-0.3, -0.25) is 4.99 Å². The van der Waals surface area contributed by atoms with E-state index >= 15 is 0 Å². The summed E-state index contributed by atoms with van der Waals surface area (Å²) in [5.41, 5.74) is 2.64. The summed E-state index contributed by atoms with van der Waals surface area (Å²) in [6.07, 6.45) is 8.03. The molecule has 0 aromatic heterocycles. The van der Waals surface area contributed by atoms with Crippen molar-refractivity contribution in [1.82, 2.24) is 15.5 Å². The van der Waals surface area contributed by atoms with E-state index in [0.29, 0.717) is 0 Å². The van der Waals surface area contributed by atoms with Crippen LogP contribution >= 0.6 is 0 Å². The maximum absolute atomic E-state index is 4.31. The molecular weight excluding hydrogens is 296 g/mol. The van der Waals surface area contributed by atoms with E-state index in [9.17, 15) is 0 Å². The van der Waals surface area contributed by atoms with E-state index in [1.54, 1.807) is 0 Å². The number of hydrogen-bond donors (Lipinski definition) is 2. The second-order valence-corrected chi connectivity index (χ2v) is 6.74. The molecule has 134 valence electrons. The van der Waals surface area contributed by atoms with E-state index in [4.69, 9.17) is 0 Å². The van der Waals surface area contributed by atoms with Crippen LogP contribution in [-0.2, 0) is 6.54 Å². The molecule has 1 aliphatic heterocycles. The molecule has 0 amide bonds. The van der Waals surface area contributed by atoms with Gasteiger partial charge in [0.05, 0.1) is 0 Å². The molecule has 0 aliphatic carbocycles. The van der Waals surface area contributed by atoms with Crippen molar-refractivity contribution in [2.45, 2.75) is 52.0 Å². The molecule has 24 heavy (non-hydrogen) atoms. The molecule has 0 bridgehead atoms. The van der Waals surface area contributed by atoms with Crippen LogP contribution in [0.4, 0.5) is 0 Å². The first-order valence-corrected chi connectivity index (χ1v) is 9.51. The van der Waals surface area contributed by atoms with Crippen LogP contribution in [0, 0.1) is 6.92 Å². The molecule has 1 heterocycles. The fraction of sp³-hybridized carbons (Fsp3) is 0.650. The van der Waals surface area contributed by atoms with Crippen LogP contribution in [0.2, 0.25) is 0 Å². The first-order chi connectivity index (χ1) is 11.8. The summed E-state index contributed by atoms with van der Waals surface area (Å²) in [6, 6.07) is 8.48. The molecule has 2 rings (SSSR count). The highest BCUT2D eigenvalue weighted by molar-refractivity contribution is 5.79. The van der Waals surface area contributed by atoms with Crippen molar-refractivity contribution in [3.8, 4) is 0 Å². The topological polar surface area (TPSA) is 39.7 Å². The van der Waals surface area contributed by atoms with Crippen LogP contribution in [-0.4, -0.2) is 44.1 Å². The predicted molar refractivity (Wildman–Crippen MR) is 104 cm³/mol. The maximum atomic E-state index is 4.31. The Labute approximate surface area is 147 Å². The highest BCUT2D eigenvalue weighted by Crippen LogP contribution is 2.09. The molecular formula is C20H34N4. The number of hydrogen-bond acceptors (Lipinski definition) is 2. The number of aliphatic imine (C=N–C) groups is 1. The third kappa shape index (κ3) is 6.91. The van der Waals surface area contributed by atoms with Gasteiger partial charge >= 0.3 is 0 Å². The fourth-order valence-corrected chi connectivity index (χ4v) is 3.23. The predicted octanol–water partition coefficient (Wildman–Crippen LogP) is 3.32. The lowest BCUT2D eigenvalue weighted by molar-refractivity contribution is 0.224. The zero-order chi connectivity index (χ0) is 17.0. The molecule has 1 saturated heterocycles. The summed E-state index contributed by atoms with van der Waals surface area (Å²) in [7, 11) is 1.84. The molecule has 0 saturated carbocycles. The Bertz CT molecular complexity index is 492. The summed E-state index contributed by atoms with van der Waals surface area (Å²) in [4.78, 5) is 6.93. The van der Waals surface area contributed by atoms with Crippen LogP contribution in [0.25, 0.3) is 0 Å². The number of aryl methyl sites for hydroxylation is 1. The minimum Gasteiger partial charge on any atom is -0.356 e. The van der Waals surface area contributed by atoms with Crippen molar-refractivity contribution in [1.29, 1.82) is 0 Å². The molecule has 0 radical (unpaired) electrons. The number of nitrogens with one attached hydrogen (secondary N) is 2. The van der Waals surface area contributed by atoms with E-state index in [0.717, 1.165) is 19.0 Å². The van der Waals surface area contributed by atoms with Crippen molar-refractivity contribution >= 4 is 5.96 Å². The molecule has 0 atom stereocenters. The van der Waals surface area contributed by atoms with E-state index in [-0.39, 0.29) is 0 Å². The Morgan fingerprint density at radius 2 is 1.83 bits per heavy atom. The summed E-state index contributed by atoms with van der Waals surface area (Å²) in [5.74, 6) is 0.897. The second-order valence-electron chi connectivity index (χ2n) is 6.74. The van der Waals surface area contributed by atoms with Gasteiger partial charge in [0.15, 0.2) is 5.96 Å². The highest BCUT2D eigenvalue weighted by Gasteiger charge is 2.08. The number of nitrogens with zero attached hydrogens (tertiary/aromatic N) is 2. The number of benzene rings is 1. The Morgan fingerprint density at radius 3 is 2.58 bits per heavy atom. The number of likely N-dealkylation sites (tertiary alicyclic amines) is 1. The molecule has 1 aromatic rings. The first kappa shape index (κ1) is 18.8. The molecule has 2 N–H and O–H groups in total. The van der Waals surface area contributed by atoms with Crippen molar-refractivity contribution in [2.24, 2.45) is 4.99 Å². The Morgan fingerprint density at radius 1 is 1.04 bits per heavy atom. The van der Waals surface area contributed by atoms with Crippen LogP contribution < -0.4 is 10.6 Å². The molecule has 4 heteroatoms. The van der Waals surface area contributed by atoms with Gasteiger partial charge in [-0.2, -0.15) is 0 Å².